The second-order valence-corrected chi connectivity index (χ2v) is 9.47. The lowest BCUT2D eigenvalue weighted by molar-refractivity contribution is 0.0601. The predicted octanol–water partition coefficient (Wildman–Crippen LogP) is 4.88. The molecular weight excluding hydrogens is 418 g/mol. The summed E-state index contributed by atoms with van der Waals surface area (Å²) in [7, 11) is 0. The van der Waals surface area contributed by atoms with Crippen LogP contribution in [0.2, 0.25) is 0 Å². The summed E-state index contributed by atoms with van der Waals surface area (Å²) in [5.74, 6) is 1.65. The van der Waals surface area contributed by atoms with Crippen LogP contribution in [-0.4, -0.2) is 45.3 Å². The number of amides is 1. The molecule has 7 heteroatoms. The zero-order valence-corrected chi connectivity index (χ0v) is 19.1. The number of nitrogens with one attached hydrogen (secondary N) is 1. The number of likely N-dealkylation sites (tertiary alicyclic amines) is 1. The van der Waals surface area contributed by atoms with Crippen LogP contribution in [0.5, 0.6) is 0 Å². The summed E-state index contributed by atoms with van der Waals surface area (Å²) < 4.78 is 0. The van der Waals surface area contributed by atoms with Gasteiger partial charge < -0.3 is 4.90 Å². The van der Waals surface area contributed by atoms with E-state index in [4.69, 9.17) is 5.26 Å². The van der Waals surface area contributed by atoms with E-state index in [1.54, 1.807) is 0 Å². The van der Waals surface area contributed by atoms with Gasteiger partial charge in [-0.2, -0.15) is 5.26 Å². The van der Waals surface area contributed by atoms with Crippen molar-refractivity contribution in [2.24, 2.45) is 0 Å². The van der Waals surface area contributed by atoms with E-state index in [2.05, 4.69) is 27.3 Å². The lowest BCUT2D eigenvalue weighted by atomic mass is 9.77. The monoisotopic (exact) mass is 443 g/mol. The topological polar surface area (TPSA) is 85.7 Å². The van der Waals surface area contributed by atoms with E-state index in [9.17, 15) is 4.79 Å². The average Bonchev–Trinajstić information content (AvgIpc) is 3.21. The molecule has 6 nitrogen and oxygen atoms in total. The smallest absolute Gasteiger partial charge is 0.254 e. The van der Waals surface area contributed by atoms with Crippen LogP contribution in [0, 0.1) is 18.3 Å². The Morgan fingerprint density at radius 2 is 1.94 bits per heavy atom. The molecule has 2 aromatic carbocycles. The standard InChI is InChI=1S/C25H25N5OS/c1-15-10-21(18-4-3-5-18)22(23-27-25(32-2)29-28-23)11-20(15)24(31)30-13-19(14-30)17-8-6-16(12-26)7-9-17/h6-11,18-19H,3-5,13-14H2,1-2H3,(H,27,28,29). The molecule has 2 aliphatic rings. The largest absolute Gasteiger partial charge is 0.337 e. The van der Waals surface area contributed by atoms with E-state index in [1.807, 2.05) is 48.4 Å². The summed E-state index contributed by atoms with van der Waals surface area (Å²) >= 11 is 1.50. The van der Waals surface area contributed by atoms with Crippen molar-refractivity contribution < 1.29 is 4.79 Å². The molecule has 1 aliphatic heterocycles. The van der Waals surface area contributed by atoms with E-state index in [1.165, 1.54) is 42.2 Å². The maximum atomic E-state index is 13.4. The number of carbonyl (C=O) groups excluding carboxylic acids is 1. The number of carbonyl (C=O) groups is 1. The molecule has 0 radical (unpaired) electrons. The van der Waals surface area contributed by atoms with Gasteiger partial charge in [-0.05, 0) is 66.8 Å². The van der Waals surface area contributed by atoms with Gasteiger partial charge in [0.25, 0.3) is 5.91 Å². The quantitative estimate of drug-likeness (QED) is 0.568. The molecule has 2 heterocycles. The molecule has 0 unspecified atom stereocenters. The van der Waals surface area contributed by atoms with Crippen molar-refractivity contribution in [1.29, 1.82) is 5.26 Å². The fourth-order valence-electron chi connectivity index (χ4n) is 4.54. The van der Waals surface area contributed by atoms with Crippen molar-refractivity contribution in [2.45, 2.75) is 43.2 Å². The number of rotatable bonds is 5. The van der Waals surface area contributed by atoms with Crippen LogP contribution in [0.15, 0.2) is 41.6 Å². The second kappa shape index (κ2) is 8.44. The average molecular weight is 444 g/mol. The van der Waals surface area contributed by atoms with E-state index < -0.39 is 0 Å². The van der Waals surface area contributed by atoms with Crippen LogP contribution in [-0.2, 0) is 0 Å². The number of aromatic nitrogens is 3. The lowest BCUT2D eigenvalue weighted by Crippen LogP contribution is -2.48. The van der Waals surface area contributed by atoms with Gasteiger partial charge in [-0.25, -0.2) is 4.98 Å². The summed E-state index contributed by atoms with van der Waals surface area (Å²) in [5.41, 5.74) is 5.87. The first-order chi connectivity index (χ1) is 15.6. The van der Waals surface area contributed by atoms with Gasteiger partial charge in [0.05, 0.1) is 11.6 Å². The fourth-order valence-corrected chi connectivity index (χ4v) is 4.86. The first kappa shape index (κ1) is 20.8. The molecule has 3 aromatic rings. The van der Waals surface area contributed by atoms with Gasteiger partial charge in [0, 0.05) is 30.1 Å². The van der Waals surface area contributed by atoms with Crippen molar-refractivity contribution in [1.82, 2.24) is 20.1 Å². The number of hydrogen-bond acceptors (Lipinski definition) is 5. The van der Waals surface area contributed by atoms with Crippen LogP contribution in [0.1, 0.15) is 63.7 Å². The minimum Gasteiger partial charge on any atom is -0.337 e. The third-order valence-electron chi connectivity index (χ3n) is 6.75. The molecule has 1 saturated carbocycles. The molecule has 1 aromatic heterocycles. The van der Waals surface area contributed by atoms with Gasteiger partial charge in [0.15, 0.2) is 5.82 Å². The highest BCUT2D eigenvalue weighted by atomic mass is 32.2. The molecule has 162 valence electrons. The minimum absolute atomic E-state index is 0.0680. The lowest BCUT2D eigenvalue weighted by Gasteiger charge is -2.40. The van der Waals surface area contributed by atoms with Crippen molar-refractivity contribution in [3.63, 3.8) is 0 Å². The number of benzene rings is 2. The van der Waals surface area contributed by atoms with Crippen molar-refractivity contribution in [3.05, 3.63) is 64.2 Å². The molecule has 0 atom stereocenters. The normalized spacial score (nSPS) is 16.3. The maximum absolute atomic E-state index is 13.4. The van der Waals surface area contributed by atoms with Crippen LogP contribution in [0.3, 0.4) is 0 Å². The Hall–Kier alpha value is -3.11. The predicted molar refractivity (Wildman–Crippen MR) is 125 cm³/mol. The SMILES string of the molecule is CSc1n[nH]c(-c2cc(C(=O)N3CC(c4ccc(C#N)cc4)C3)c(C)cc2C2CCC2)n1. The molecule has 1 aliphatic carbocycles. The minimum atomic E-state index is 0.0680. The summed E-state index contributed by atoms with van der Waals surface area (Å²) in [6, 6.07) is 14.0. The molecule has 2 fully saturated rings. The van der Waals surface area contributed by atoms with E-state index in [0.29, 0.717) is 35.6 Å². The number of aryl methyl sites for hydroxylation is 1. The van der Waals surface area contributed by atoms with Gasteiger partial charge in [0.2, 0.25) is 5.16 Å². The number of hydrogen-bond donors (Lipinski definition) is 1. The third kappa shape index (κ3) is 3.69. The van der Waals surface area contributed by atoms with Crippen molar-refractivity contribution >= 4 is 17.7 Å². The molecule has 1 amide bonds. The molecule has 1 N–H and O–H groups in total. The van der Waals surface area contributed by atoms with E-state index in [0.717, 1.165) is 22.5 Å². The molecule has 0 bridgehead atoms. The Morgan fingerprint density at radius 1 is 1.19 bits per heavy atom. The van der Waals surface area contributed by atoms with Crippen molar-refractivity contribution in [2.75, 3.05) is 19.3 Å². The Labute approximate surface area is 192 Å². The Kier molecular flexibility index (Phi) is 5.48. The summed E-state index contributed by atoms with van der Waals surface area (Å²) in [6.45, 7) is 3.43. The van der Waals surface area contributed by atoms with Crippen LogP contribution in [0.25, 0.3) is 11.4 Å². The highest BCUT2D eigenvalue weighted by molar-refractivity contribution is 7.98. The number of nitriles is 1. The first-order valence-electron chi connectivity index (χ1n) is 11.0. The van der Waals surface area contributed by atoms with Gasteiger partial charge in [0.1, 0.15) is 0 Å². The van der Waals surface area contributed by atoms with E-state index in [-0.39, 0.29) is 5.91 Å². The van der Waals surface area contributed by atoms with Crippen molar-refractivity contribution in [3.8, 4) is 17.5 Å². The third-order valence-corrected chi connectivity index (χ3v) is 7.30. The fraction of sp³-hybridized carbons (Fsp3) is 0.360. The molecular formula is C25H25N5OS. The zero-order chi connectivity index (χ0) is 22.2. The second-order valence-electron chi connectivity index (χ2n) is 8.69. The van der Waals surface area contributed by atoms with Gasteiger partial charge in [-0.1, -0.05) is 36.4 Å². The molecule has 5 rings (SSSR count). The Bertz CT molecular complexity index is 1200. The highest BCUT2D eigenvalue weighted by Crippen LogP contribution is 2.42. The molecule has 1 saturated heterocycles. The van der Waals surface area contributed by atoms with Crippen LogP contribution >= 0.6 is 11.8 Å². The zero-order valence-electron chi connectivity index (χ0n) is 18.3. The van der Waals surface area contributed by atoms with Gasteiger partial charge in [-0.3, -0.25) is 9.89 Å². The Balaban J connectivity index is 1.40. The molecule has 0 spiro atoms. The first-order valence-corrected chi connectivity index (χ1v) is 12.2. The van der Waals surface area contributed by atoms with Crippen LogP contribution in [0.4, 0.5) is 0 Å². The van der Waals surface area contributed by atoms with E-state index >= 15 is 0 Å². The summed E-state index contributed by atoms with van der Waals surface area (Å²) in [4.78, 5) is 19.9. The molecule has 32 heavy (non-hydrogen) atoms. The summed E-state index contributed by atoms with van der Waals surface area (Å²) in [6.07, 6.45) is 5.57. The summed E-state index contributed by atoms with van der Waals surface area (Å²) in [5, 5.41) is 17.0. The number of nitrogens with zero attached hydrogens (tertiary/aromatic N) is 4. The van der Waals surface area contributed by atoms with Gasteiger partial charge >= 0.3 is 0 Å². The van der Waals surface area contributed by atoms with Crippen LogP contribution < -0.4 is 0 Å². The van der Waals surface area contributed by atoms with Gasteiger partial charge in [-0.15, -0.1) is 5.10 Å². The highest BCUT2D eigenvalue weighted by Gasteiger charge is 2.34. The number of H-pyrrole nitrogens is 1. The maximum Gasteiger partial charge on any atom is 0.254 e. The number of thioether (sulfide) groups is 1. The number of aromatic amines is 1. The Morgan fingerprint density at radius 3 is 2.53 bits per heavy atom.